The highest BCUT2D eigenvalue weighted by Gasteiger charge is 2.06. The number of hydrogen-bond acceptors (Lipinski definition) is 3. The molecule has 0 fully saturated rings. The molecule has 3 rings (SSSR count). The number of aryl methyl sites for hydroxylation is 1. The second-order valence-corrected chi connectivity index (χ2v) is 5.18. The van der Waals surface area contributed by atoms with Crippen molar-refractivity contribution in [2.24, 2.45) is 7.05 Å². The van der Waals surface area contributed by atoms with E-state index in [1.165, 1.54) is 11.9 Å². The van der Waals surface area contributed by atoms with E-state index in [2.05, 4.69) is 14.7 Å². The molecule has 2 heterocycles. The van der Waals surface area contributed by atoms with Crippen molar-refractivity contribution >= 4 is 40.1 Å². The van der Waals surface area contributed by atoms with E-state index in [4.69, 9.17) is 11.6 Å². The normalized spacial score (nSPS) is 11.0. The van der Waals surface area contributed by atoms with Gasteiger partial charge >= 0.3 is 0 Å². The Morgan fingerprint density at radius 2 is 2.33 bits per heavy atom. The highest BCUT2D eigenvalue weighted by Crippen LogP contribution is 2.30. The first-order chi connectivity index (χ1) is 8.74. The minimum Gasteiger partial charge on any atom is -0.358 e. The number of benzene rings is 1. The Kier molecular flexibility index (Phi) is 2.93. The third kappa shape index (κ3) is 2.07. The molecule has 1 aromatic carbocycles. The predicted octanol–water partition coefficient (Wildman–Crippen LogP) is 3.67. The Balaban J connectivity index is 1.86. The molecule has 0 atom stereocenters. The number of H-pyrrole nitrogens is 1. The minimum absolute atomic E-state index is 0.733. The van der Waals surface area contributed by atoms with E-state index in [0.29, 0.717) is 0 Å². The van der Waals surface area contributed by atoms with E-state index < -0.39 is 0 Å². The maximum Gasteiger partial charge on any atom is 0.134 e. The number of fused-ring (bicyclic) bond motifs is 1. The van der Waals surface area contributed by atoms with Gasteiger partial charge in [-0.2, -0.15) is 0 Å². The topological polar surface area (TPSA) is 45.6 Å². The van der Waals surface area contributed by atoms with Gasteiger partial charge in [0, 0.05) is 36.8 Å². The van der Waals surface area contributed by atoms with Gasteiger partial charge in [0.2, 0.25) is 0 Å². The average molecular weight is 279 g/mol. The van der Waals surface area contributed by atoms with Gasteiger partial charge in [-0.1, -0.05) is 23.7 Å². The maximum atomic E-state index is 6.08. The van der Waals surface area contributed by atoms with Crippen LogP contribution in [0.1, 0.15) is 0 Å². The molecule has 0 bridgehead atoms. The number of rotatable bonds is 3. The molecule has 0 aliphatic heterocycles. The van der Waals surface area contributed by atoms with Gasteiger partial charge in [-0.15, -0.1) is 0 Å². The summed E-state index contributed by atoms with van der Waals surface area (Å²) >= 11 is 7.56. The number of anilines is 1. The van der Waals surface area contributed by atoms with Crippen molar-refractivity contribution in [2.75, 3.05) is 4.72 Å². The summed E-state index contributed by atoms with van der Waals surface area (Å²) in [5.74, 6) is 0. The first kappa shape index (κ1) is 11.5. The molecule has 0 aliphatic carbocycles. The lowest BCUT2D eigenvalue weighted by Gasteiger charge is -2.04. The molecule has 0 amide bonds. The first-order valence-corrected chi connectivity index (χ1v) is 6.60. The summed E-state index contributed by atoms with van der Waals surface area (Å²) in [5, 5.41) is 2.67. The second kappa shape index (κ2) is 4.59. The Morgan fingerprint density at radius 3 is 3.11 bits per heavy atom. The number of nitrogens with zero attached hydrogens (tertiary/aromatic N) is 2. The molecular formula is C12H11ClN4S. The van der Waals surface area contributed by atoms with Crippen LogP contribution in [-0.2, 0) is 7.05 Å². The fourth-order valence-corrected chi connectivity index (χ4v) is 2.67. The van der Waals surface area contributed by atoms with Crippen molar-refractivity contribution in [2.45, 2.75) is 5.03 Å². The van der Waals surface area contributed by atoms with Gasteiger partial charge in [-0.05, 0) is 6.07 Å². The maximum absolute atomic E-state index is 6.08. The van der Waals surface area contributed by atoms with E-state index in [9.17, 15) is 0 Å². The Bertz CT molecular complexity index is 688. The van der Waals surface area contributed by atoms with Crippen molar-refractivity contribution in [3.8, 4) is 0 Å². The molecule has 0 aliphatic rings. The largest absolute Gasteiger partial charge is 0.358 e. The van der Waals surface area contributed by atoms with Crippen LogP contribution in [-0.4, -0.2) is 14.5 Å². The van der Waals surface area contributed by atoms with Crippen molar-refractivity contribution in [3.05, 3.63) is 41.9 Å². The molecule has 0 spiro atoms. The fourth-order valence-electron chi connectivity index (χ4n) is 1.75. The predicted molar refractivity (Wildman–Crippen MR) is 76.0 cm³/mol. The van der Waals surface area contributed by atoms with Crippen LogP contribution < -0.4 is 4.72 Å². The average Bonchev–Trinajstić information content (AvgIpc) is 2.94. The van der Waals surface area contributed by atoms with Crippen molar-refractivity contribution < 1.29 is 0 Å². The highest BCUT2D eigenvalue weighted by atomic mass is 35.5. The lowest BCUT2D eigenvalue weighted by atomic mass is 10.2. The Morgan fingerprint density at radius 1 is 1.44 bits per heavy atom. The van der Waals surface area contributed by atoms with E-state index in [-0.39, 0.29) is 0 Å². The molecular weight excluding hydrogens is 268 g/mol. The van der Waals surface area contributed by atoms with E-state index in [1.54, 1.807) is 12.5 Å². The molecule has 92 valence electrons. The lowest BCUT2D eigenvalue weighted by Crippen LogP contribution is -1.88. The standard InChI is InChI=1S/C12H11ClN4S/c1-17-6-11(15-7-17)18-16-10-4-2-3-8-9(13)5-14-12(8)10/h2-7,14,16H,1H3. The van der Waals surface area contributed by atoms with Gasteiger partial charge in [0.15, 0.2) is 0 Å². The summed E-state index contributed by atoms with van der Waals surface area (Å²) in [7, 11) is 1.95. The Labute approximate surface area is 113 Å². The zero-order valence-corrected chi connectivity index (χ0v) is 11.2. The van der Waals surface area contributed by atoms with E-state index in [0.717, 1.165) is 26.6 Å². The molecule has 4 nitrogen and oxygen atoms in total. The molecule has 0 saturated heterocycles. The van der Waals surface area contributed by atoms with Crippen LogP contribution in [0.4, 0.5) is 5.69 Å². The molecule has 18 heavy (non-hydrogen) atoms. The number of halogens is 1. The van der Waals surface area contributed by atoms with Crippen LogP contribution >= 0.6 is 23.5 Å². The number of para-hydroxylation sites is 1. The molecule has 0 radical (unpaired) electrons. The van der Waals surface area contributed by atoms with E-state index >= 15 is 0 Å². The molecule has 0 unspecified atom stereocenters. The number of aromatic amines is 1. The molecule has 6 heteroatoms. The summed E-state index contributed by atoms with van der Waals surface area (Å²) in [6, 6.07) is 5.97. The van der Waals surface area contributed by atoms with Crippen LogP contribution in [0.5, 0.6) is 0 Å². The monoisotopic (exact) mass is 278 g/mol. The van der Waals surface area contributed by atoms with Crippen LogP contribution in [0.2, 0.25) is 5.02 Å². The van der Waals surface area contributed by atoms with Crippen molar-refractivity contribution in [1.29, 1.82) is 0 Å². The van der Waals surface area contributed by atoms with Gasteiger partial charge in [0.05, 0.1) is 22.6 Å². The summed E-state index contributed by atoms with van der Waals surface area (Å²) in [5.41, 5.74) is 2.00. The fraction of sp³-hybridized carbons (Fsp3) is 0.0833. The zero-order valence-electron chi connectivity index (χ0n) is 9.64. The van der Waals surface area contributed by atoms with Gasteiger partial charge < -0.3 is 14.3 Å². The van der Waals surface area contributed by atoms with Crippen LogP contribution in [0, 0.1) is 0 Å². The third-order valence-corrected chi connectivity index (χ3v) is 3.67. The number of nitrogens with one attached hydrogen (secondary N) is 2. The zero-order chi connectivity index (χ0) is 12.5. The summed E-state index contributed by atoms with van der Waals surface area (Å²) in [6.45, 7) is 0. The smallest absolute Gasteiger partial charge is 0.134 e. The van der Waals surface area contributed by atoms with Crippen LogP contribution in [0.15, 0.2) is 41.9 Å². The first-order valence-electron chi connectivity index (χ1n) is 5.40. The lowest BCUT2D eigenvalue weighted by molar-refractivity contribution is 0.912. The van der Waals surface area contributed by atoms with Crippen LogP contribution in [0.25, 0.3) is 10.9 Å². The molecule has 2 aromatic heterocycles. The molecule has 3 aromatic rings. The third-order valence-electron chi connectivity index (χ3n) is 2.61. The highest BCUT2D eigenvalue weighted by molar-refractivity contribution is 8.00. The van der Waals surface area contributed by atoms with Crippen molar-refractivity contribution in [1.82, 2.24) is 14.5 Å². The molecule has 2 N–H and O–H groups in total. The van der Waals surface area contributed by atoms with E-state index in [1.807, 2.05) is 36.0 Å². The minimum atomic E-state index is 0.733. The summed E-state index contributed by atoms with van der Waals surface area (Å²) in [6.07, 6.45) is 5.53. The summed E-state index contributed by atoms with van der Waals surface area (Å²) in [4.78, 5) is 7.41. The Hall–Kier alpha value is -1.59. The SMILES string of the molecule is Cn1cnc(SNc2cccc3c(Cl)c[nH]c23)c1. The number of aromatic nitrogens is 3. The number of hydrogen-bond donors (Lipinski definition) is 2. The van der Waals surface area contributed by atoms with Gasteiger partial charge in [0.25, 0.3) is 0 Å². The number of imidazole rings is 1. The second-order valence-electron chi connectivity index (χ2n) is 3.95. The van der Waals surface area contributed by atoms with Crippen molar-refractivity contribution in [3.63, 3.8) is 0 Å². The quantitative estimate of drug-likeness (QED) is 0.719. The molecule has 0 saturated carbocycles. The van der Waals surface area contributed by atoms with Gasteiger partial charge in [0.1, 0.15) is 5.03 Å². The van der Waals surface area contributed by atoms with Gasteiger partial charge in [-0.3, -0.25) is 0 Å². The summed E-state index contributed by atoms with van der Waals surface area (Å²) < 4.78 is 5.19. The van der Waals surface area contributed by atoms with Gasteiger partial charge in [-0.25, -0.2) is 4.98 Å². The van der Waals surface area contributed by atoms with Crippen LogP contribution in [0.3, 0.4) is 0 Å².